The third kappa shape index (κ3) is 7.59. The number of ether oxygens (including phenoxy) is 2. The zero-order valence-corrected chi connectivity index (χ0v) is 22.6. The highest BCUT2D eigenvalue weighted by atomic mass is 32.1. The van der Waals surface area contributed by atoms with Crippen LogP contribution in [0.5, 0.6) is 11.5 Å². The highest BCUT2D eigenvalue weighted by Gasteiger charge is 2.25. The Balaban J connectivity index is 1.88. The number of hydrogen-bond acceptors (Lipinski definition) is 5. The Labute approximate surface area is 218 Å². The van der Waals surface area contributed by atoms with Crippen molar-refractivity contribution in [2.75, 3.05) is 27.3 Å². The Morgan fingerprint density at radius 2 is 1.58 bits per heavy atom. The number of thiophene rings is 1. The molecule has 7 heteroatoms. The van der Waals surface area contributed by atoms with Crippen molar-refractivity contribution in [2.24, 2.45) is 5.92 Å². The van der Waals surface area contributed by atoms with Crippen LogP contribution >= 0.6 is 11.3 Å². The summed E-state index contributed by atoms with van der Waals surface area (Å²) in [4.78, 5) is 33.2. The largest absolute Gasteiger partial charge is 0.497 e. The number of aryl methyl sites for hydroxylation is 1. The van der Waals surface area contributed by atoms with Gasteiger partial charge in [0.25, 0.3) is 5.91 Å². The molecule has 1 atom stereocenters. The molecule has 3 rings (SSSR count). The summed E-state index contributed by atoms with van der Waals surface area (Å²) in [5, 5.41) is 0. The van der Waals surface area contributed by atoms with E-state index in [4.69, 9.17) is 9.47 Å². The number of nitrogens with zero attached hydrogens (tertiary/aromatic N) is 2. The number of hydrogen-bond donors (Lipinski definition) is 0. The lowest BCUT2D eigenvalue weighted by Gasteiger charge is -2.29. The first-order valence-electron chi connectivity index (χ1n) is 12.2. The van der Waals surface area contributed by atoms with Crippen LogP contribution in [0.25, 0.3) is 0 Å². The van der Waals surface area contributed by atoms with Gasteiger partial charge in [0, 0.05) is 34.5 Å². The summed E-state index contributed by atoms with van der Waals surface area (Å²) < 4.78 is 10.7. The van der Waals surface area contributed by atoms with E-state index in [9.17, 15) is 9.59 Å². The molecule has 1 aromatic heterocycles. The summed E-state index contributed by atoms with van der Waals surface area (Å²) in [6, 6.07) is 19.2. The SMILES string of the molecule is CCC(C)CN(CC(=O)N(Cc1ccccc1)Cc1ccc(C)s1)C(=O)c1cc(OC)cc(OC)c1. The van der Waals surface area contributed by atoms with E-state index in [1.54, 1.807) is 48.7 Å². The van der Waals surface area contributed by atoms with Crippen LogP contribution in [0, 0.1) is 12.8 Å². The van der Waals surface area contributed by atoms with Crippen molar-refractivity contribution in [3.8, 4) is 11.5 Å². The second-order valence-corrected chi connectivity index (χ2v) is 10.4. The molecule has 0 spiro atoms. The highest BCUT2D eigenvalue weighted by Crippen LogP contribution is 2.24. The molecule has 0 saturated carbocycles. The normalized spacial score (nSPS) is 11.6. The van der Waals surface area contributed by atoms with Gasteiger partial charge in [0.1, 0.15) is 18.0 Å². The van der Waals surface area contributed by atoms with E-state index >= 15 is 0 Å². The van der Waals surface area contributed by atoms with Crippen molar-refractivity contribution >= 4 is 23.2 Å². The first-order chi connectivity index (χ1) is 17.3. The van der Waals surface area contributed by atoms with E-state index in [0.29, 0.717) is 36.7 Å². The average Bonchev–Trinajstić information content (AvgIpc) is 3.31. The van der Waals surface area contributed by atoms with Gasteiger partial charge < -0.3 is 19.3 Å². The topological polar surface area (TPSA) is 59.1 Å². The first-order valence-corrected chi connectivity index (χ1v) is 13.0. The number of amides is 2. The fraction of sp³-hybridized carbons (Fsp3) is 0.379. The monoisotopic (exact) mass is 508 g/mol. The standard InChI is InChI=1S/C29H36N2O4S/c1-6-21(2)17-31(29(33)24-14-25(34-4)16-26(15-24)35-5)20-28(32)30(18-23-10-8-7-9-11-23)19-27-13-12-22(3)36-27/h7-16,21H,6,17-20H2,1-5H3. The maximum absolute atomic E-state index is 13.7. The molecule has 0 aliphatic rings. The van der Waals surface area contributed by atoms with Crippen molar-refractivity contribution in [1.29, 1.82) is 0 Å². The van der Waals surface area contributed by atoms with E-state index in [0.717, 1.165) is 16.9 Å². The fourth-order valence-corrected chi connectivity index (χ4v) is 4.80. The zero-order chi connectivity index (χ0) is 26.1. The number of carbonyl (C=O) groups excluding carboxylic acids is 2. The third-order valence-electron chi connectivity index (χ3n) is 6.15. The molecular weight excluding hydrogens is 472 g/mol. The molecule has 0 saturated heterocycles. The van der Waals surface area contributed by atoms with Gasteiger partial charge in [-0.25, -0.2) is 0 Å². The van der Waals surface area contributed by atoms with Gasteiger partial charge in [-0.15, -0.1) is 11.3 Å². The predicted molar refractivity (Wildman–Crippen MR) is 145 cm³/mol. The molecule has 1 heterocycles. The zero-order valence-electron chi connectivity index (χ0n) is 21.8. The van der Waals surface area contributed by atoms with Crippen LogP contribution < -0.4 is 9.47 Å². The molecule has 192 valence electrons. The van der Waals surface area contributed by atoms with Crippen LogP contribution in [0.1, 0.15) is 45.9 Å². The lowest BCUT2D eigenvalue weighted by molar-refractivity contribution is -0.133. The summed E-state index contributed by atoms with van der Waals surface area (Å²) in [5.74, 6) is 1.01. The number of rotatable bonds is 12. The van der Waals surface area contributed by atoms with Gasteiger partial charge in [0.15, 0.2) is 0 Å². The maximum Gasteiger partial charge on any atom is 0.254 e. The minimum atomic E-state index is -0.215. The molecule has 0 fully saturated rings. The van der Waals surface area contributed by atoms with Gasteiger partial charge in [-0.3, -0.25) is 9.59 Å². The molecule has 0 bridgehead atoms. The van der Waals surface area contributed by atoms with E-state index in [2.05, 4.69) is 32.9 Å². The smallest absolute Gasteiger partial charge is 0.254 e. The molecule has 0 N–H and O–H groups in total. The number of benzene rings is 2. The minimum Gasteiger partial charge on any atom is -0.497 e. The lowest BCUT2D eigenvalue weighted by Crippen LogP contribution is -2.44. The van der Waals surface area contributed by atoms with Gasteiger partial charge in [-0.05, 0) is 42.7 Å². The summed E-state index contributed by atoms with van der Waals surface area (Å²) in [5.41, 5.74) is 1.49. The van der Waals surface area contributed by atoms with Crippen molar-refractivity contribution in [3.63, 3.8) is 0 Å². The van der Waals surface area contributed by atoms with E-state index in [1.165, 1.54) is 4.88 Å². The Morgan fingerprint density at radius 1 is 0.917 bits per heavy atom. The molecule has 2 amide bonds. The molecule has 0 aliphatic carbocycles. The molecule has 1 unspecified atom stereocenters. The molecule has 0 radical (unpaired) electrons. The number of carbonyl (C=O) groups is 2. The molecular formula is C29H36N2O4S. The molecule has 6 nitrogen and oxygen atoms in total. The summed E-state index contributed by atoms with van der Waals surface area (Å²) in [6.45, 7) is 7.71. The number of methoxy groups -OCH3 is 2. The van der Waals surface area contributed by atoms with Crippen molar-refractivity contribution in [3.05, 3.63) is 81.5 Å². The van der Waals surface area contributed by atoms with Crippen LogP contribution in [-0.2, 0) is 17.9 Å². The first kappa shape index (κ1) is 27.3. The molecule has 3 aromatic rings. The molecule has 0 aliphatic heterocycles. The predicted octanol–water partition coefficient (Wildman–Crippen LogP) is 5.79. The van der Waals surface area contributed by atoms with Crippen LogP contribution in [0.2, 0.25) is 0 Å². The minimum absolute atomic E-state index is 0.000110. The van der Waals surface area contributed by atoms with E-state index < -0.39 is 0 Å². The summed E-state index contributed by atoms with van der Waals surface area (Å²) in [7, 11) is 3.11. The lowest BCUT2D eigenvalue weighted by atomic mass is 10.1. The Kier molecular flexibility index (Phi) is 9.94. The van der Waals surface area contributed by atoms with Gasteiger partial charge in [-0.1, -0.05) is 50.6 Å². The fourth-order valence-electron chi connectivity index (χ4n) is 3.90. The van der Waals surface area contributed by atoms with Gasteiger partial charge >= 0.3 is 0 Å². The van der Waals surface area contributed by atoms with E-state index in [1.807, 2.05) is 35.2 Å². The maximum atomic E-state index is 13.7. The molecule has 36 heavy (non-hydrogen) atoms. The van der Waals surface area contributed by atoms with Crippen LogP contribution in [0.3, 0.4) is 0 Å². The molecule has 2 aromatic carbocycles. The van der Waals surface area contributed by atoms with Gasteiger partial charge in [-0.2, -0.15) is 0 Å². The Bertz CT molecular complexity index is 1120. The second kappa shape index (κ2) is 13.1. The van der Waals surface area contributed by atoms with Gasteiger partial charge in [0.2, 0.25) is 5.91 Å². The average molecular weight is 509 g/mol. The van der Waals surface area contributed by atoms with Crippen molar-refractivity contribution in [1.82, 2.24) is 9.80 Å². The summed E-state index contributed by atoms with van der Waals surface area (Å²) >= 11 is 1.69. The van der Waals surface area contributed by atoms with Crippen LogP contribution in [-0.4, -0.2) is 48.9 Å². The van der Waals surface area contributed by atoms with Crippen molar-refractivity contribution < 1.29 is 19.1 Å². The quantitative estimate of drug-likeness (QED) is 0.311. The third-order valence-corrected chi connectivity index (χ3v) is 7.14. The van der Waals surface area contributed by atoms with Crippen molar-refractivity contribution in [2.45, 2.75) is 40.3 Å². The second-order valence-electron chi connectivity index (χ2n) is 9.05. The van der Waals surface area contributed by atoms with E-state index in [-0.39, 0.29) is 24.3 Å². The Morgan fingerprint density at radius 3 is 2.14 bits per heavy atom. The highest BCUT2D eigenvalue weighted by molar-refractivity contribution is 7.11. The summed E-state index contributed by atoms with van der Waals surface area (Å²) in [6.07, 6.45) is 0.904. The van der Waals surface area contributed by atoms with Crippen LogP contribution in [0.15, 0.2) is 60.7 Å². The van der Waals surface area contributed by atoms with Crippen LogP contribution in [0.4, 0.5) is 0 Å². The van der Waals surface area contributed by atoms with Gasteiger partial charge in [0.05, 0.1) is 20.8 Å². The Hall–Kier alpha value is -3.32.